The molecule has 0 radical (unpaired) electrons. The second-order valence-electron chi connectivity index (χ2n) is 4.15. The van der Waals surface area contributed by atoms with Crippen molar-refractivity contribution >= 4 is 5.88 Å². The van der Waals surface area contributed by atoms with Crippen molar-refractivity contribution < 1.29 is 4.52 Å². The molecule has 2 N–H and O–H groups in total. The van der Waals surface area contributed by atoms with E-state index >= 15 is 0 Å². The number of hydrogen-bond donors (Lipinski definition) is 1. The SMILES string of the molecule is Nc1onc(C2CCC2)c1-c1ccccn1. The van der Waals surface area contributed by atoms with Gasteiger partial charge in [0.25, 0.3) is 0 Å². The monoisotopic (exact) mass is 215 g/mol. The standard InChI is InChI=1S/C12H13N3O/c13-12-10(9-6-1-2-7-14-9)11(15-16-12)8-4-3-5-8/h1-2,6-8H,3-5,13H2. The highest BCUT2D eigenvalue weighted by Gasteiger charge is 2.28. The van der Waals surface area contributed by atoms with E-state index in [4.69, 9.17) is 10.3 Å². The van der Waals surface area contributed by atoms with Crippen LogP contribution in [-0.2, 0) is 0 Å². The van der Waals surface area contributed by atoms with Gasteiger partial charge >= 0.3 is 0 Å². The first-order valence-electron chi connectivity index (χ1n) is 5.52. The fourth-order valence-corrected chi connectivity index (χ4v) is 2.04. The van der Waals surface area contributed by atoms with Gasteiger partial charge in [-0.2, -0.15) is 0 Å². The summed E-state index contributed by atoms with van der Waals surface area (Å²) in [5.41, 5.74) is 8.53. The number of anilines is 1. The lowest BCUT2D eigenvalue weighted by Crippen LogP contribution is -2.10. The van der Waals surface area contributed by atoms with Gasteiger partial charge in [0.1, 0.15) is 0 Å². The molecular weight excluding hydrogens is 202 g/mol. The molecule has 0 amide bonds. The van der Waals surface area contributed by atoms with Gasteiger partial charge in [0.05, 0.1) is 17.0 Å². The van der Waals surface area contributed by atoms with Crippen molar-refractivity contribution in [1.29, 1.82) is 0 Å². The Bertz CT molecular complexity index is 488. The molecular formula is C12H13N3O. The maximum Gasteiger partial charge on any atom is 0.231 e. The summed E-state index contributed by atoms with van der Waals surface area (Å²) in [5, 5.41) is 4.07. The Morgan fingerprint density at radius 1 is 1.31 bits per heavy atom. The zero-order valence-electron chi connectivity index (χ0n) is 8.89. The fraction of sp³-hybridized carbons (Fsp3) is 0.333. The normalized spacial score (nSPS) is 16.0. The Hall–Kier alpha value is -1.84. The van der Waals surface area contributed by atoms with Gasteiger partial charge in [-0.1, -0.05) is 17.6 Å². The summed E-state index contributed by atoms with van der Waals surface area (Å²) in [5.74, 6) is 0.874. The summed E-state index contributed by atoms with van der Waals surface area (Å²) in [4.78, 5) is 4.30. The van der Waals surface area contributed by atoms with Crippen LogP contribution in [0.5, 0.6) is 0 Å². The van der Waals surface area contributed by atoms with E-state index in [2.05, 4.69) is 10.1 Å². The highest BCUT2D eigenvalue weighted by molar-refractivity contribution is 5.72. The quantitative estimate of drug-likeness (QED) is 0.836. The lowest BCUT2D eigenvalue weighted by Gasteiger charge is -2.23. The van der Waals surface area contributed by atoms with Gasteiger partial charge in [0, 0.05) is 12.1 Å². The second-order valence-corrected chi connectivity index (χ2v) is 4.15. The molecule has 0 spiro atoms. The molecule has 3 rings (SSSR count). The molecule has 0 aromatic carbocycles. The number of nitrogens with zero attached hydrogens (tertiary/aromatic N) is 2. The fourth-order valence-electron chi connectivity index (χ4n) is 2.04. The summed E-state index contributed by atoms with van der Waals surface area (Å²) in [6.45, 7) is 0. The largest absolute Gasteiger partial charge is 0.367 e. The number of nitrogen functional groups attached to an aromatic ring is 1. The molecule has 16 heavy (non-hydrogen) atoms. The van der Waals surface area contributed by atoms with Gasteiger partial charge < -0.3 is 10.3 Å². The summed E-state index contributed by atoms with van der Waals surface area (Å²) in [6.07, 6.45) is 5.36. The molecule has 1 saturated carbocycles. The predicted molar refractivity (Wildman–Crippen MR) is 60.7 cm³/mol. The van der Waals surface area contributed by atoms with Crippen molar-refractivity contribution in [2.24, 2.45) is 0 Å². The van der Waals surface area contributed by atoms with E-state index < -0.39 is 0 Å². The van der Waals surface area contributed by atoms with E-state index in [0.717, 1.165) is 17.0 Å². The van der Waals surface area contributed by atoms with Crippen molar-refractivity contribution in [3.63, 3.8) is 0 Å². The first-order valence-corrected chi connectivity index (χ1v) is 5.52. The van der Waals surface area contributed by atoms with Gasteiger partial charge in [0.15, 0.2) is 0 Å². The minimum atomic E-state index is 0.376. The molecule has 1 aliphatic rings. The minimum Gasteiger partial charge on any atom is -0.367 e. The number of rotatable bonds is 2. The van der Waals surface area contributed by atoms with E-state index in [-0.39, 0.29) is 0 Å². The van der Waals surface area contributed by atoms with Crippen molar-refractivity contribution in [2.45, 2.75) is 25.2 Å². The molecule has 82 valence electrons. The van der Waals surface area contributed by atoms with E-state index in [1.54, 1.807) is 6.20 Å². The van der Waals surface area contributed by atoms with E-state index in [9.17, 15) is 0 Å². The average Bonchev–Trinajstić information content (AvgIpc) is 2.59. The molecule has 0 unspecified atom stereocenters. The van der Waals surface area contributed by atoms with Crippen molar-refractivity contribution in [1.82, 2.24) is 10.1 Å². The smallest absolute Gasteiger partial charge is 0.231 e. The molecule has 1 fully saturated rings. The predicted octanol–water partition coefficient (Wildman–Crippen LogP) is 2.59. The second kappa shape index (κ2) is 3.63. The molecule has 0 bridgehead atoms. The molecule has 4 nitrogen and oxygen atoms in total. The van der Waals surface area contributed by atoms with E-state index in [0.29, 0.717) is 11.8 Å². The molecule has 2 aromatic rings. The molecule has 0 atom stereocenters. The highest BCUT2D eigenvalue weighted by atomic mass is 16.5. The van der Waals surface area contributed by atoms with Gasteiger partial charge in [-0.15, -0.1) is 0 Å². The van der Waals surface area contributed by atoms with Crippen molar-refractivity contribution in [3.8, 4) is 11.3 Å². The van der Waals surface area contributed by atoms with E-state index in [1.165, 1.54) is 19.3 Å². The van der Waals surface area contributed by atoms with Gasteiger partial charge in [-0.05, 0) is 25.0 Å². The van der Waals surface area contributed by atoms with Gasteiger partial charge in [-0.3, -0.25) is 4.98 Å². The van der Waals surface area contributed by atoms with Crippen LogP contribution < -0.4 is 5.73 Å². The summed E-state index contributed by atoms with van der Waals surface area (Å²) in [7, 11) is 0. The van der Waals surface area contributed by atoms with Crippen LogP contribution in [-0.4, -0.2) is 10.1 Å². The molecule has 0 aliphatic heterocycles. The maximum absolute atomic E-state index is 5.82. The van der Waals surface area contributed by atoms with Crippen LogP contribution in [0.25, 0.3) is 11.3 Å². The average molecular weight is 215 g/mol. The van der Waals surface area contributed by atoms with Crippen LogP contribution in [0.2, 0.25) is 0 Å². The number of pyridine rings is 1. The van der Waals surface area contributed by atoms with Crippen LogP contribution >= 0.6 is 0 Å². The number of nitrogens with two attached hydrogens (primary N) is 1. The van der Waals surface area contributed by atoms with Gasteiger partial charge in [0.2, 0.25) is 5.88 Å². The Kier molecular flexibility index (Phi) is 2.13. The Morgan fingerprint density at radius 3 is 2.81 bits per heavy atom. The molecule has 4 heteroatoms. The molecule has 0 saturated heterocycles. The lowest BCUT2D eigenvalue weighted by atomic mass is 9.81. The minimum absolute atomic E-state index is 0.376. The summed E-state index contributed by atoms with van der Waals surface area (Å²) < 4.78 is 5.09. The summed E-state index contributed by atoms with van der Waals surface area (Å²) in [6, 6.07) is 5.76. The van der Waals surface area contributed by atoms with Crippen LogP contribution in [0.3, 0.4) is 0 Å². The zero-order chi connectivity index (χ0) is 11.0. The van der Waals surface area contributed by atoms with Crippen LogP contribution in [0.4, 0.5) is 5.88 Å². The maximum atomic E-state index is 5.82. The zero-order valence-corrected chi connectivity index (χ0v) is 8.89. The third-order valence-corrected chi connectivity index (χ3v) is 3.16. The van der Waals surface area contributed by atoms with Gasteiger partial charge in [-0.25, -0.2) is 0 Å². The van der Waals surface area contributed by atoms with Crippen molar-refractivity contribution in [2.75, 3.05) is 5.73 Å². The lowest BCUT2D eigenvalue weighted by molar-refractivity contribution is 0.369. The highest BCUT2D eigenvalue weighted by Crippen LogP contribution is 2.42. The molecule has 2 aromatic heterocycles. The van der Waals surface area contributed by atoms with E-state index in [1.807, 2.05) is 18.2 Å². The number of hydrogen-bond acceptors (Lipinski definition) is 4. The third kappa shape index (κ3) is 1.38. The first-order chi connectivity index (χ1) is 7.86. The van der Waals surface area contributed by atoms with Crippen LogP contribution in [0.1, 0.15) is 30.9 Å². The Balaban J connectivity index is 2.08. The molecule has 1 aliphatic carbocycles. The molecule has 2 heterocycles. The topological polar surface area (TPSA) is 64.9 Å². The Labute approximate surface area is 93.5 Å². The van der Waals surface area contributed by atoms with Crippen LogP contribution in [0, 0.1) is 0 Å². The Morgan fingerprint density at radius 2 is 2.19 bits per heavy atom. The first kappa shape index (κ1) is 9.39. The summed E-state index contributed by atoms with van der Waals surface area (Å²) >= 11 is 0. The third-order valence-electron chi connectivity index (χ3n) is 3.16. The van der Waals surface area contributed by atoms with Crippen LogP contribution in [0.15, 0.2) is 28.9 Å². The number of aromatic nitrogens is 2. The van der Waals surface area contributed by atoms with Crippen molar-refractivity contribution in [3.05, 3.63) is 30.1 Å².